The molecule has 0 saturated carbocycles. The molecule has 0 radical (unpaired) electrons. The molecule has 0 spiro atoms. The second-order valence-electron chi connectivity index (χ2n) is 4.57. The number of carbonyl (C=O) groups excluding carboxylic acids is 2. The van der Waals surface area contributed by atoms with Gasteiger partial charge in [0.2, 0.25) is 5.91 Å². The molecule has 0 aromatic heterocycles. The first-order valence-electron chi connectivity index (χ1n) is 6.01. The van der Waals surface area contributed by atoms with Crippen LogP contribution in [0.1, 0.15) is 12.8 Å². The molecule has 1 aromatic carbocycles. The third-order valence-electron chi connectivity index (χ3n) is 3.21. The van der Waals surface area contributed by atoms with Crippen molar-refractivity contribution >= 4 is 45.8 Å². The Morgan fingerprint density at radius 1 is 1.48 bits per heavy atom. The number of imide groups is 1. The van der Waals surface area contributed by atoms with Crippen LogP contribution in [-0.2, 0) is 9.59 Å². The number of rotatable bonds is 3. The highest BCUT2D eigenvalue weighted by Crippen LogP contribution is 2.30. The summed E-state index contributed by atoms with van der Waals surface area (Å²) in [6.07, 6.45) is 0.368. The van der Waals surface area contributed by atoms with E-state index in [1.54, 1.807) is 22.6 Å². The summed E-state index contributed by atoms with van der Waals surface area (Å²) in [5.41, 5.74) is -0.382. The van der Waals surface area contributed by atoms with Crippen LogP contribution in [0.2, 0.25) is 0 Å². The minimum Gasteiger partial charge on any atom is -0.368 e. The largest absolute Gasteiger partial charge is 0.368 e. The zero-order valence-electron chi connectivity index (χ0n) is 10.9. The molecular formula is C12H11FIN3O4. The summed E-state index contributed by atoms with van der Waals surface area (Å²) < 4.78 is 13.7. The molecule has 7 nitrogen and oxygen atoms in total. The molecule has 1 N–H and O–H groups in total. The summed E-state index contributed by atoms with van der Waals surface area (Å²) in [5.74, 6) is -1.41. The molecule has 1 atom stereocenters. The second kappa shape index (κ2) is 5.92. The molecule has 112 valence electrons. The number of carbonyl (C=O) groups is 2. The number of halogens is 2. The Morgan fingerprint density at radius 2 is 2.14 bits per heavy atom. The van der Waals surface area contributed by atoms with Gasteiger partial charge in [-0.1, -0.05) is 0 Å². The average Bonchev–Trinajstić information content (AvgIpc) is 2.43. The monoisotopic (exact) mass is 407 g/mol. The first-order chi connectivity index (χ1) is 9.81. The van der Waals surface area contributed by atoms with Crippen LogP contribution < -0.4 is 5.32 Å². The van der Waals surface area contributed by atoms with Crippen LogP contribution >= 0.6 is 22.6 Å². The summed E-state index contributed by atoms with van der Waals surface area (Å²) in [6, 6.07) is 1.30. The molecule has 2 rings (SSSR count). The number of hydrogen-bond acceptors (Lipinski definition) is 5. The Kier molecular flexibility index (Phi) is 4.40. The van der Waals surface area contributed by atoms with E-state index in [9.17, 15) is 24.1 Å². The molecular weight excluding hydrogens is 396 g/mol. The smallest absolute Gasteiger partial charge is 0.293 e. The SMILES string of the molecule is CN1C(=O)CCC(Nc2cc(F)c(I)cc2[N+](=O)[O-])C1=O. The standard InChI is InChI=1S/C12H11FIN3O4/c1-16-11(18)3-2-8(12(16)19)15-9-4-6(13)7(14)5-10(9)17(20)21/h4-5,8,15H,2-3H2,1H3. The number of piperidine rings is 1. The van der Waals surface area contributed by atoms with E-state index in [0.29, 0.717) is 0 Å². The molecule has 1 fully saturated rings. The summed E-state index contributed by atoms with van der Waals surface area (Å²) in [4.78, 5) is 34.7. The molecule has 1 heterocycles. The lowest BCUT2D eigenvalue weighted by Gasteiger charge is -2.28. The number of likely N-dealkylation sites (tertiary alicyclic amines) is 1. The normalized spacial score (nSPS) is 18.8. The lowest BCUT2D eigenvalue weighted by atomic mass is 10.0. The van der Waals surface area contributed by atoms with Crippen LogP contribution in [0.5, 0.6) is 0 Å². The summed E-state index contributed by atoms with van der Waals surface area (Å²) >= 11 is 1.65. The van der Waals surface area contributed by atoms with Crippen LogP contribution in [0.15, 0.2) is 12.1 Å². The van der Waals surface area contributed by atoms with E-state index in [2.05, 4.69) is 5.32 Å². The number of anilines is 1. The fourth-order valence-electron chi connectivity index (χ4n) is 2.04. The maximum absolute atomic E-state index is 13.6. The predicted molar refractivity (Wildman–Crippen MR) is 80.2 cm³/mol. The van der Waals surface area contributed by atoms with Crippen LogP contribution in [0.3, 0.4) is 0 Å². The zero-order chi connectivity index (χ0) is 15.7. The van der Waals surface area contributed by atoms with Gasteiger partial charge in [0.05, 0.1) is 8.49 Å². The van der Waals surface area contributed by atoms with Crippen LogP contribution in [0, 0.1) is 19.5 Å². The maximum Gasteiger partial charge on any atom is 0.293 e. The van der Waals surface area contributed by atoms with Gasteiger partial charge in [-0.2, -0.15) is 0 Å². The lowest BCUT2D eigenvalue weighted by molar-refractivity contribution is -0.384. The maximum atomic E-state index is 13.6. The van der Waals surface area contributed by atoms with Gasteiger partial charge in [0.25, 0.3) is 11.6 Å². The van der Waals surface area contributed by atoms with Gasteiger partial charge in [0, 0.05) is 25.6 Å². The molecule has 1 saturated heterocycles. The van der Waals surface area contributed by atoms with Crippen LogP contribution in [0.4, 0.5) is 15.8 Å². The highest BCUT2D eigenvalue weighted by molar-refractivity contribution is 14.1. The molecule has 2 amide bonds. The van der Waals surface area contributed by atoms with Gasteiger partial charge >= 0.3 is 0 Å². The van der Waals surface area contributed by atoms with E-state index in [4.69, 9.17) is 0 Å². The van der Waals surface area contributed by atoms with Crippen LogP contribution in [-0.4, -0.2) is 34.7 Å². The third kappa shape index (κ3) is 3.12. The molecule has 0 bridgehead atoms. The first-order valence-corrected chi connectivity index (χ1v) is 7.09. The average molecular weight is 407 g/mol. The van der Waals surface area contributed by atoms with Crippen molar-refractivity contribution in [2.75, 3.05) is 12.4 Å². The lowest BCUT2D eigenvalue weighted by Crippen LogP contribution is -2.48. The molecule has 1 aromatic rings. The van der Waals surface area contributed by atoms with Gasteiger partial charge in [-0.15, -0.1) is 0 Å². The third-order valence-corrected chi connectivity index (χ3v) is 4.04. The van der Waals surface area contributed by atoms with Crippen molar-refractivity contribution in [1.29, 1.82) is 0 Å². The van der Waals surface area contributed by atoms with Crippen LogP contribution in [0.25, 0.3) is 0 Å². The molecule has 1 aliphatic rings. The summed E-state index contributed by atoms with van der Waals surface area (Å²) in [6.45, 7) is 0. The van der Waals surface area contributed by atoms with Gasteiger partial charge in [-0.05, 0) is 29.0 Å². The highest BCUT2D eigenvalue weighted by Gasteiger charge is 2.33. The number of nitrogens with one attached hydrogen (secondary N) is 1. The minimum atomic E-state index is -0.786. The second-order valence-corrected chi connectivity index (χ2v) is 5.73. The Labute approximate surface area is 132 Å². The van der Waals surface area contributed by atoms with Crippen molar-refractivity contribution in [3.05, 3.63) is 31.6 Å². The molecule has 1 unspecified atom stereocenters. The van der Waals surface area contributed by atoms with Gasteiger partial charge in [-0.3, -0.25) is 24.6 Å². The van der Waals surface area contributed by atoms with Crippen molar-refractivity contribution < 1.29 is 18.9 Å². The number of likely N-dealkylation sites (N-methyl/N-ethyl adjacent to an activating group) is 1. The van der Waals surface area contributed by atoms with E-state index in [1.807, 2.05) is 0 Å². The fourth-order valence-corrected chi connectivity index (χ4v) is 2.49. The Balaban J connectivity index is 2.31. The van der Waals surface area contributed by atoms with E-state index < -0.39 is 22.7 Å². The zero-order valence-corrected chi connectivity index (χ0v) is 13.1. The van der Waals surface area contributed by atoms with Gasteiger partial charge in [0.15, 0.2) is 0 Å². The Bertz CT molecular complexity index is 637. The molecule has 21 heavy (non-hydrogen) atoms. The van der Waals surface area contributed by atoms with Crippen molar-refractivity contribution in [3.8, 4) is 0 Å². The number of nitro groups is 1. The summed E-state index contributed by atoms with van der Waals surface area (Å²) in [7, 11) is 1.35. The fraction of sp³-hybridized carbons (Fsp3) is 0.333. The van der Waals surface area contributed by atoms with Crippen molar-refractivity contribution in [3.63, 3.8) is 0 Å². The molecule has 9 heteroatoms. The quantitative estimate of drug-likeness (QED) is 0.358. The minimum absolute atomic E-state index is 0.0704. The van der Waals surface area contributed by atoms with Crippen molar-refractivity contribution in [1.82, 2.24) is 4.90 Å². The van der Waals surface area contributed by atoms with Gasteiger partial charge in [0.1, 0.15) is 17.5 Å². The first kappa shape index (κ1) is 15.6. The van der Waals surface area contributed by atoms with Gasteiger partial charge < -0.3 is 5.32 Å². The molecule has 1 aliphatic heterocycles. The number of amides is 2. The number of hydrogen-bond donors (Lipinski definition) is 1. The highest BCUT2D eigenvalue weighted by atomic mass is 127. The number of nitro benzene ring substituents is 1. The van der Waals surface area contributed by atoms with Gasteiger partial charge in [-0.25, -0.2) is 4.39 Å². The summed E-state index contributed by atoms with van der Waals surface area (Å²) in [5, 5.41) is 13.7. The van der Waals surface area contributed by atoms with E-state index in [1.165, 1.54) is 7.05 Å². The van der Waals surface area contributed by atoms with Crippen molar-refractivity contribution in [2.45, 2.75) is 18.9 Å². The van der Waals surface area contributed by atoms with E-state index in [0.717, 1.165) is 17.0 Å². The Hall–Kier alpha value is -1.78. The van der Waals surface area contributed by atoms with E-state index in [-0.39, 0.29) is 33.7 Å². The van der Waals surface area contributed by atoms with Crippen molar-refractivity contribution in [2.24, 2.45) is 0 Å². The predicted octanol–water partition coefficient (Wildman–Crippen LogP) is 1.90. The topological polar surface area (TPSA) is 92.6 Å². The number of benzene rings is 1. The van der Waals surface area contributed by atoms with E-state index >= 15 is 0 Å². The molecule has 0 aliphatic carbocycles. The Morgan fingerprint density at radius 3 is 2.76 bits per heavy atom. The number of nitrogens with zero attached hydrogens (tertiary/aromatic N) is 2.